The number of hydrogen-bond acceptors (Lipinski definition) is 4. The van der Waals surface area contributed by atoms with Gasteiger partial charge in [-0.2, -0.15) is 0 Å². The van der Waals surface area contributed by atoms with E-state index in [2.05, 4.69) is 11.8 Å². The third-order valence-electron chi connectivity index (χ3n) is 5.74. The lowest BCUT2D eigenvalue weighted by Gasteiger charge is -2.49. The Kier molecular flexibility index (Phi) is 4.74. The van der Waals surface area contributed by atoms with E-state index in [1.165, 1.54) is 19.3 Å². The van der Waals surface area contributed by atoms with Crippen molar-refractivity contribution in [2.45, 2.75) is 38.3 Å². The Morgan fingerprint density at radius 2 is 1.81 bits per heavy atom. The molecule has 0 aliphatic carbocycles. The van der Waals surface area contributed by atoms with Gasteiger partial charge in [0.25, 0.3) is 11.8 Å². The zero-order chi connectivity index (χ0) is 19.0. The third-order valence-corrected chi connectivity index (χ3v) is 5.74. The number of benzene rings is 1. The van der Waals surface area contributed by atoms with E-state index in [-0.39, 0.29) is 11.7 Å². The standard InChI is InChI=1S/C21H25N3O3/c1-14-4-2-3-11-24(14)17-12-23(13-17)21(26)16-7-5-15(6-8-16)18-9-10-19(27-18)20(22)25/h5-10,14,17H,2-4,11-13H2,1H3,(H2,22,25)/t14-/m0/s1. The average Bonchev–Trinajstić information content (AvgIpc) is 3.12. The van der Waals surface area contributed by atoms with E-state index in [9.17, 15) is 9.59 Å². The molecule has 6 heteroatoms. The highest BCUT2D eigenvalue weighted by molar-refractivity contribution is 5.95. The van der Waals surface area contributed by atoms with Gasteiger partial charge in [-0.25, -0.2) is 0 Å². The molecule has 2 aliphatic rings. The molecule has 142 valence electrons. The summed E-state index contributed by atoms with van der Waals surface area (Å²) < 4.78 is 5.43. The lowest BCUT2D eigenvalue weighted by molar-refractivity contribution is 0.00213. The van der Waals surface area contributed by atoms with Crippen LogP contribution in [0, 0.1) is 0 Å². The van der Waals surface area contributed by atoms with E-state index in [0.717, 1.165) is 25.2 Å². The maximum atomic E-state index is 12.7. The second-order valence-electron chi connectivity index (χ2n) is 7.55. The van der Waals surface area contributed by atoms with Crippen molar-refractivity contribution >= 4 is 11.8 Å². The molecule has 0 unspecified atom stereocenters. The molecule has 6 nitrogen and oxygen atoms in total. The lowest BCUT2D eigenvalue weighted by atomic mass is 9.97. The number of rotatable bonds is 4. The Hall–Kier alpha value is -2.60. The Balaban J connectivity index is 1.38. The lowest BCUT2D eigenvalue weighted by Crippen LogP contribution is -2.63. The summed E-state index contributed by atoms with van der Waals surface area (Å²) in [5, 5.41) is 0. The maximum Gasteiger partial charge on any atom is 0.284 e. The summed E-state index contributed by atoms with van der Waals surface area (Å²) >= 11 is 0. The normalized spacial score (nSPS) is 21.1. The molecular formula is C21H25N3O3. The molecule has 4 rings (SSSR count). The molecular weight excluding hydrogens is 342 g/mol. The van der Waals surface area contributed by atoms with Crippen LogP contribution in [0.4, 0.5) is 0 Å². The molecule has 0 spiro atoms. The Morgan fingerprint density at radius 1 is 1.07 bits per heavy atom. The highest BCUT2D eigenvalue weighted by atomic mass is 16.3. The highest BCUT2D eigenvalue weighted by Crippen LogP contribution is 2.27. The van der Waals surface area contributed by atoms with Gasteiger partial charge in [0.1, 0.15) is 5.76 Å². The van der Waals surface area contributed by atoms with Gasteiger partial charge in [-0.3, -0.25) is 14.5 Å². The van der Waals surface area contributed by atoms with Gasteiger partial charge >= 0.3 is 0 Å². The molecule has 2 aromatic rings. The topological polar surface area (TPSA) is 79.8 Å². The van der Waals surface area contributed by atoms with Gasteiger partial charge in [-0.05, 0) is 50.6 Å². The quantitative estimate of drug-likeness (QED) is 0.901. The summed E-state index contributed by atoms with van der Waals surface area (Å²) in [5.74, 6) is 0.165. The summed E-state index contributed by atoms with van der Waals surface area (Å²) in [6.07, 6.45) is 3.84. The fourth-order valence-electron chi connectivity index (χ4n) is 4.08. The minimum absolute atomic E-state index is 0.0692. The first-order valence-corrected chi connectivity index (χ1v) is 9.58. The average molecular weight is 367 g/mol. The Labute approximate surface area is 158 Å². The minimum atomic E-state index is -0.594. The van der Waals surface area contributed by atoms with Crippen LogP contribution >= 0.6 is 0 Å². The van der Waals surface area contributed by atoms with Crippen molar-refractivity contribution < 1.29 is 14.0 Å². The smallest absolute Gasteiger partial charge is 0.284 e. The molecule has 2 aliphatic heterocycles. The van der Waals surface area contributed by atoms with Crippen LogP contribution in [-0.4, -0.2) is 53.3 Å². The van der Waals surface area contributed by atoms with Crippen LogP contribution < -0.4 is 5.73 Å². The number of furan rings is 1. The fraction of sp³-hybridized carbons (Fsp3) is 0.429. The van der Waals surface area contributed by atoms with Gasteiger partial charge in [0.2, 0.25) is 0 Å². The second kappa shape index (κ2) is 7.19. The number of carbonyl (C=O) groups excluding carboxylic acids is 2. The van der Waals surface area contributed by atoms with Crippen LogP contribution in [0.2, 0.25) is 0 Å². The number of piperidine rings is 1. The van der Waals surface area contributed by atoms with Crippen molar-refractivity contribution in [1.29, 1.82) is 0 Å². The van der Waals surface area contributed by atoms with Gasteiger partial charge in [-0.15, -0.1) is 0 Å². The number of nitrogens with two attached hydrogens (primary N) is 1. The number of primary amides is 1. The van der Waals surface area contributed by atoms with Crippen molar-refractivity contribution in [2.75, 3.05) is 19.6 Å². The van der Waals surface area contributed by atoms with E-state index < -0.39 is 5.91 Å². The summed E-state index contributed by atoms with van der Waals surface area (Å²) in [6.45, 7) is 5.07. The molecule has 1 aromatic carbocycles. The number of amides is 2. The van der Waals surface area contributed by atoms with Gasteiger partial charge in [0.05, 0.1) is 0 Å². The molecule has 1 atom stereocenters. The van der Waals surface area contributed by atoms with Crippen molar-refractivity contribution in [3.05, 3.63) is 47.7 Å². The third kappa shape index (κ3) is 3.49. The summed E-state index contributed by atoms with van der Waals surface area (Å²) in [6, 6.07) is 11.7. The number of nitrogens with zero attached hydrogens (tertiary/aromatic N) is 2. The van der Waals surface area contributed by atoms with Gasteiger partial charge in [0.15, 0.2) is 5.76 Å². The summed E-state index contributed by atoms with van der Waals surface area (Å²) in [4.78, 5) is 28.3. The van der Waals surface area contributed by atoms with Gasteiger partial charge < -0.3 is 15.1 Å². The molecule has 3 heterocycles. The van der Waals surface area contributed by atoms with Crippen LogP contribution in [0.5, 0.6) is 0 Å². The van der Waals surface area contributed by atoms with Crippen molar-refractivity contribution in [3.63, 3.8) is 0 Å². The van der Waals surface area contributed by atoms with Crippen LogP contribution in [0.25, 0.3) is 11.3 Å². The summed E-state index contributed by atoms with van der Waals surface area (Å²) in [5.41, 5.74) is 6.69. The van der Waals surface area contributed by atoms with Crippen LogP contribution in [0.15, 0.2) is 40.8 Å². The molecule has 1 aromatic heterocycles. The number of carbonyl (C=O) groups is 2. The molecule has 2 N–H and O–H groups in total. The SMILES string of the molecule is C[C@H]1CCCCN1C1CN(C(=O)c2ccc(-c3ccc(C(N)=O)o3)cc2)C1. The van der Waals surface area contributed by atoms with Crippen molar-refractivity contribution in [3.8, 4) is 11.3 Å². The zero-order valence-electron chi connectivity index (χ0n) is 15.6. The molecule has 27 heavy (non-hydrogen) atoms. The predicted octanol–water partition coefficient (Wildman–Crippen LogP) is 2.74. The van der Waals surface area contributed by atoms with Gasteiger partial charge in [0, 0.05) is 36.3 Å². The van der Waals surface area contributed by atoms with Gasteiger partial charge in [-0.1, -0.05) is 18.6 Å². The van der Waals surface area contributed by atoms with Crippen LogP contribution in [0.3, 0.4) is 0 Å². The van der Waals surface area contributed by atoms with E-state index in [4.69, 9.17) is 10.2 Å². The molecule has 2 fully saturated rings. The monoisotopic (exact) mass is 367 g/mol. The van der Waals surface area contributed by atoms with E-state index in [1.54, 1.807) is 24.3 Å². The second-order valence-corrected chi connectivity index (χ2v) is 7.55. The number of hydrogen-bond donors (Lipinski definition) is 1. The molecule has 0 radical (unpaired) electrons. The molecule has 2 amide bonds. The zero-order valence-corrected chi connectivity index (χ0v) is 15.6. The first-order valence-electron chi connectivity index (χ1n) is 9.58. The minimum Gasteiger partial charge on any atom is -0.451 e. The van der Waals surface area contributed by atoms with E-state index >= 15 is 0 Å². The maximum absolute atomic E-state index is 12.7. The highest BCUT2D eigenvalue weighted by Gasteiger charge is 2.37. The van der Waals surface area contributed by atoms with Crippen LogP contribution in [-0.2, 0) is 0 Å². The van der Waals surface area contributed by atoms with Crippen molar-refractivity contribution in [1.82, 2.24) is 9.80 Å². The molecule has 0 bridgehead atoms. The largest absolute Gasteiger partial charge is 0.451 e. The first kappa shape index (κ1) is 17.8. The van der Waals surface area contributed by atoms with E-state index in [1.807, 2.05) is 17.0 Å². The Morgan fingerprint density at radius 3 is 2.44 bits per heavy atom. The van der Waals surface area contributed by atoms with Crippen LogP contribution in [0.1, 0.15) is 47.1 Å². The number of likely N-dealkylation sites (tertiary alicyclic amines) is 2. The molecule has 2 saturated heterocycles. The first-order chi connectivity index (χ1) is 13.0. The molecule has 0 saturated carbocycles. The van der Waals surface area contributed by atoms with E-state index in [0.29, 0.717) is 23.4 Å². The Bertz CT molecular complexity index is 837. The fourth-order valence-corrected chi connectivity index (χ4v) is 4.08. The predicted molar refractivity (Wildman–Crippen MR) is 102 cm³/mol. The van der Waals surface area contributed by atoms with Crippen molar-refractivity contribution in [2.24, 2.45) is 5.73 Å². The summed E-state index contributed by atoms with van der Waals surface area (Å²) in [7, 11) is 0.